The van der Waals surface area contributed by atoms with Crippen LogP contribution in [0.2, 0.25) is 0 Å². The quantitative estimate of drug-likeness (QED) is 0.0264. The zero-order valence-corrected chi connectivity index (χ0v) is 37.6. The van der Waals surface area contributed by atoms with Crippen LogP contribution in [-0.4, -0.2) is 75.5 Å². The molecule has 0 fully saturated rings. The van der Waals surface area contributed by atoms with Gasteiger partial charge in [0.1, 0.15) is 12.6 Å². The first-order chi connectivity index (χ1) is 28.6. The number of quaternary nitrogens is 1. The average molecular weight is 820 g/mol. The highest BCUT2D eigenvalue weighted by atomic mass is 16.6. The third-order valence-corrected chi connectivity index (χ3v) is 9.15. The highest BCUT2D eigenvalue weighted by Gasteiger charge is 2.25. The Morgan fingerprint density at radius 1 is 0.508 bits per heavy atom. The monoisotopic (exact) mass is 820 g/mol. The van der Waals surface area contributed by atoms with Crippen molar-refractivity contribution in [2.24, 2.45) is 0 Å². The lowest BCUT2D eigenvalue weighted by Crippen LogP contribution is -2.55. The van der Waals surface area contributed by atoms with Crippen molar-refractivity contribution < 1.29 is 38.2 Å². The Morgan fingerprint density at radius 3 is 1.37 bits per heavy atom. The predicted molar refractivity (Wildman–Crippen MR) is 244 cm³/mol. The maximum atomic E-state index is 12.7. The summed E-state index contributed by atoms with van der Waals surface area (Å²) in [6, 6.07) is -0.745. The van der Waals surface area contributed by atoms with Gasteiger partial charge in [-0.15, -0.1) is 0 Å². The number of rotatable bonds is 38. The molecule has 2 atom stereocenters. The van der Waals surface area contributed by atoms with E-state index in [1.54, 1.807) is 21.1 Å². The molecule has 0 aromatic carbocycles. The number of likely N-dealkylation sites (N-methyl/N-ethyl adjacent to an activating group) is 1. The van der Waals surface area contributed by atoms with Gasteiger partial charge in [0.15, 0.2) is 6.10 Å². The summed E-state index contributed by atoms with van der Waals surface area (Å²) in [5.41, 5.74) is 0. The number of allylic oxidation sites excluding steroid dienone is 18. The number of hydrogen-bond donors (Lipinski definition) is 0. The van der Waals surface area contributed by atoms with Gasteiger partial charge in [-0.2, -0.15) is 0 Å². The number of hydrogen-bond acceptors (Lipinski definition) is 7. The number of unbranched alkanes of at least 4 members (excludes halogenated alkanes) is 6. The number of esters is 2. The summed E-state index contributed by atoms with van der Waals surface area (Å²) in [4.78, 5) is 36.8. The van der Waals surface area contributed by atoms with Crippen LogP contribution in [0.5, 0.6) is 0 Å². The molecule has 0 N–H and O–H groups in total. The fourth-order valence-corrected chi connectivity index (χ4v) is 5.74. The van der Waals surface area contributed by atoms with Gasteiger partial charge in [0.2, 0.25) is 0 Å². The second-order valence-corrected chi connectivity index (χ2v) is 15.5. The van der Waals surface area contributed by atoms with E-state index in [0.717, 1.165) is 103 Å². The first kappa shape index (κ1) is 55.0. The number of carbonyl (C=O) groups excluding carboxylic acids is 3. The minimum absolute atomic E-state index is 0.00509. The van der Waals surface area contributed by atoms with Gasteiger partial charge in [0.05, 0.1) is 40.3 Å². The van der Waals surface area contributed by atoms with Crippen LogP contribution in [0.3, 0.4) is 0 Å². The largest absolute Gasteiger partial charge is 0.544 e. The molecule has 0 heterocycles. The lowest BCUT2D eigenvalue weighted by molar-refractivity contribution is -0.889. The second-order valence-electron chi connectivity index (χ2n) is 15.5. The molecule has 0 aliphatic heterocycles. The first-order valence-corrected chi connectivity index (χ1v) is 22.4. The molecule has 0 aromatic rings. The van der Waals surface area contributed by atoms with E-state index in [0.29, 0.717) is 12.8 Å². The van der Waals surface area contributed by atoms with Crippen molar-refractivity contribution in [3.8, 4) is 0 Å². The number of aliphatic carboxylic acids is 1. The van der Waals surface area contributed by atoms with Gasteiger partial charge >= 0.3 is 11.9 Å². The summed E-state index contributed by atoms with van der Waals surface area (Å²) in [7, 11) is 5.37. The third kappa shape index (κ3) is 39.2. The predicted octanol–water partition coefficient (Wildman–Crippen LogP) is 11.1. The molecule has 0 aromatic heterocycles. The fourth-order valence-electron chi connectivity index (χ4n) is 5.74. The molecule has 0 saturated heterocycles. The number of ether oxygens (including phenoxy) is 3. The van der Waals surface area contributed by atoms with Gasteiger partial charge in [0, 0.05) is 19.3 Å². The van der Waals surface area contributed by atoms with Crippen LogP contribution in [0.1, 0.15) is 142 Å². The van der Waals surface area contributed by atoms with Crippen molar-refractivity contribution in [2.45, 2.75) is 154 Å². The van der Waals surface area contributed by atoms with Crippen LogP contribution in [0.15, 0.2) is 109 Å². The highest BCUT2D eigenvalue weighted by Crippen LogP contribution is 2.11. The van der Waals surface area contributed by atoms with E-state index in [2.05, 4.69) is 123 Å². The number of carboxylic acids is 1. The molecule has 8 nitrogen and oxygen atoms in total. The van der Waals surface area contributed by atoms with E-state index >= 15 is 0 Å². The van der Waals surface area contributed by atoms with Crippen LogP contribution < -0.4 is 5.11 Å². The molecule has 332 valence electrons. The summed E-state index contributed by atoms with van der Waals surface area (Å²) in [6.07, 6.45) is 55.6. The standard InChI is InChI=1S/C51H81NO7/c1-6-8-10-12-14-16-18-20-21-22-23-24-25-26-27-28-29-30-32-34-36-38-40-42-50(54)59-47(45-57-44-43-48(51(55)56)52(3,4)5)46-58-49(53)41-39-37-35-33-31-19-17-15-13-11-9-7-2/h8-11,14-17,20-21,23-24,26-27,29-30,34,36,47-48H,6-7,12-13,18-19,22,25,28,31-33,35,37-46H2,1-5H3/b10-8+,11-9+,16-14+,17-15+,21-20+,24-23+,27-26+,30-29+,36-34+. The number of nitrogens with zero attached hydrogens (tertiary/aromatic N) is 1. The summed E-state index contributed by atoms with van der Waals surface area (Å²) >= 11 is 0. The van der Waals surface area contributed by atoms with Crippen molar-refractivity contribution in [1.82, 2.24) is 0 Å². The van der Waals surface area contributed by atoms with E-state index in [-0.39, 0.29) is 49.1 Å². The molecule has 0 bridgehead atoms. The summed E-state index contributed by atoms with van der Waals surface area (Å²) < 4.78 is 17.1. The Balaban J connectivity index is 4.47. The van der Waals surface area contributed by atoms with Crippen molar-refractivity contribution in [1.29, 1.82) is 0 Å². The number of carboxylic acid groups (broad SMARTS) is 1. The number of carbonyl (C=O) groups is 3. The average Bonchev–Trinajstić information content (AvgIpc) is 3.19. The van der Waals surface area contributed by atoms with Crippen LogP contribution >= 0.6 is 0 Å². The molecule has 0 aliphatic carbocycles. The van der Waals surface area contributed by atoms with Crippen molar-refractivity contribution in [3.05, 3.63) is 109 Å². The zero-order valence-electron chi connectivity index (χ0n) is 37.6. The van der Waals surface area contributed by atoms with E-state index in [1.165, 1.54) is 0 Å². The Bertz CT molecular complexity index is 1330. The molecule has 0 radical (unpaired) electrons. The normalized spacial score (nSPS) is 14.0. The minimum Gasteiger partial charge on any atom is -0.544 e. The molecule has 0 amide bonds. The summed E-state index contributed by atoms with van der Waals surface area (Å²) in [6.45, 7) is 4.33. The molecule has 0 rings (SSSR count). The maximum Gasteiger partial charge on any atom is 0.306 e. The highest BCUT2D eigenvalue weighted by molar-refractivity contribution is 5.70. The third-order valence-electron chi connectivity index (χ3n) is 9.15. The molecule has 0 saturated carbocycles. The SMILES string of the molecule is CC/C=C/C/C=C/C/C=C/C/C=C/C/C=C/C/C=C/C/C=C/CCCC(=O)OC(COCCC(C(=O)[O-])[N+](C)(C)C)COC(=O)CCCCCCC/C=C/C/C=C/CC. The smallest absolute Gasteiger partial charge is 0.306 e. The Morgan fingerprint density at radius 2 is 0.915 bits per heavy atom. The summed E-state index contributed by atoms with van der Waals surface area (Å²) in [5, 5.41) is 11.6. The summed E-state index contributed by atoms with van der Waals surface area (Å²) in [5.74, 6) is -1.85. The lowest BCUT2D eigenvalue weighted by Gasteiger charge is -2.34. The van der Waals surface area contributed by atoms with Gasteiger partial charge in [-0.3, -0.25) is 9.59 Å². The van der Waals surface area contributed by atoms with Crippen LogP contribution in [-0.2, 0) is 28.6 Å². The Hall–Kier alpha value is -4.01. The van der Waals surface area contributed by atoms with E-state index in [4.69, 9.17) is 14.2 Å². The maximum absolute atomic E-state index is 12.7. The van der Waals surface area contributed by atoms with Gasteiger partial charge in [-0.1, -0.05) is 142 Å². The van der Waals surface area contributed by atoms with Crippen molar-refractivity contribution in [3.63, 3.8) is 0 Å². The Labute approximate surface area is 359 Å². The van der Waals surface area contributed by atoms with Crippen molar-refractivity contribution in [2.75, 3.05) is 41.0 Å². The molecule has 0 spiro atoms. The van der Waals surface area contributed by atoms with Crippen LogP contribution in [0.25, 0.3) is 0 Å². The van der Waals surface area contributed by atoms with Crippen molar-refractivity contribution >= 4 is 17.9 Å². The van der Waals surface area contributed by atoms with Gasteiger partial charge in [-0.25, -0.2) is 0 Å². The molecular weight excluding hydrogens is 739 g/mol. The van der Waals surface area contributed by atoms with E-state index in [9.17, 15) is 19.5 Å². The fraction of sp³-hybridized carbons (Fsp3) is 0.588. The van der Waals surface area contributed by atoms with E-state index in [1.807, 2.05) is 0 Å². The van der Waals surface area contributed by atoms with Gasteiger partial charge in [0.25, 0.3) is 0 Å². The van der Waals surface area contributed by atoms with Crippen LogP contribution in [0.4, 0.5) is 0 Å². The topological polar surface area (TPSA) is 102 Å². The van der Waals surface area contributed by atoms with Crippen LogP contribution in [0, 0.1) is 0 Å². The second kappa shape index (κ2) is 40.8. The minimum atomic E-state index is -1.14. The first-order valence-electron chi connectivity index (χ1n) is 22.4. The van der Waals surface area contributed by atoms with E-state index < -0.39 is 18.1 Å². The molecule has 8 heteroatoms. The van der Waals surface area contributed by atoms with Gasteiger partial charge < -0.3 is 28.6 Å². The molecule has 59 heavy (non-hydrogen) atoms. The molecular formula is C51H81NO7. The molecule has 0 aliphatic rings. The lowest BCUT2D eigenvalue weighted by atomic mass is 10.1. The zero-order chi connectivity index (χ0) is 43.5. The Kier molecular flexibility index (Phi) is 38.0. The van der Waals surface area contributed by atoms with Gasteiger partial charge in [-0.05, 0) is 89.9 Å². The molecule has 2 unspecified atom stereocenters.